The highest BCUT2D eigenvalue weighted by Gasteiger charge is 1.40. The van der Waals surface area contributed by atoms with Gasteiger partial charge in [0.15, 0.2) is 0 Å². The Morgan fingerprint density at radius 1 is 1.22 bits per heavy atom. The topological polar surface area (TPSA) is 47.6 Å². The fourth-order valence-corrected chi connectivity index (χ4v) is 0.0456. The van der Waals surface area contributed by atoms with Crippen molar-refractivity contribution in [2.24, 2.45) is 0 Å². The van der Waals surface area contributed by atoms with E-state index in [4.69, 9.17) is 10.5 Å². The summed E-state index contributed by atoms with van der Waals surface area (Å²) in [6, 6.07) is 3.41. The van der Waals surface area contributed by atoms with Gasteiger partial charge in [-0.3, -0.25) is 0 Å². The molecule has 0 saturated heterocycles. The molecule has 2 heteroatoms. The number of hydrogen-bond donors (Lipinski definition) is 0. The van der Waals surface area contributed by atoms with Crippen molar-refractivity contribution in [2.75, 3.05) is 0 Å². The van der Waals surface area contributed by atoms with E-state index in [0.29, 0.717) is 0 Å². The van der Waals surface area contributed by atoms with Gasteiger partial charge in [-0.2, -0.15) is 10.5 Å². The molecule has 0 amide bonds. The molecule has 0 aromatic carbocycles. The molecule has 0 aliphatic heterocycles. The standard InChI is InChI=1S/C4H3N.C3H3N/c1-2-3-4-5;1-2-3-4/h3H,1H2;2H,1H2. The second kappa shape index (κ2) is 16.3. The highest BCUT2D eigenvalue weighted by Crippen LogP contribution is 1.48. The van der Waals surface area contributed by atoms with E-state index in [1.54, 1.807) is 12.1 Å². The van der Waals surface area contributed by atoms with Crippen LogP contribution in [0.1, 0.15) is 0 Å². The van der Waals surface area contributed by atoms with Gasteiger partial charge in [0.2, 0.25) is 0 Å². The summed E-state index contributed by atoms with van der Waals surface area (Å²) in [4.78, 5) is 0. The van der Waals surface area contributed by atoms with E-state index >= 15 is 0 Å². The van der Waals surface area contributed by atoms with Gasteiger partial charge in [-0.25, -0.2) is 0 Å². The number of nitriles is 2. The molecule has 0 fully saturated rings. The van der Waals surface area contributed by atoms with Gasteiger partial charge in [-0.1, -0.05) is 13.2 Å². The fourth-order valence-electron chi connectivity index (χ4n) is 0.0456. The molecule has 0 aliphatic carbocycles. The second-order valence-electron chi connectivity index (χ2n) is 0.811. The largest absolute Gasteiger partial charge is 0.193 e. The SMILES string of the molecule is C=C=CC#N.C=CC#N. The molecule has 0 saturated carbocycles. The van der Waals surface area contributed by atoms with Gasteiger partial charge >= 0.3 is 0 Å². The van der Waals surface area contributed by atoms with Crippen molar-refractivity contribution in [3.8, 4) is 12.1 Å². The van der Waals surface area contributed by atoms with Crippen molar-refractivity contribution in [1.82, 2.24) is 0 Å². The Kier molecular flexibility index (Phi) is 18.6. The van der Waals surface area contributed by atoms with Crippen LogP contribution in [0.25, 0.3) is 0 Å². The van der Waals surface area contributed by atoms with Crippen molar-refractivity contribution >= 4 is 0 Å². The normalized spacial score (nSPS) is 3.78. The van der Waals surface area contributed by atoms with Crippen LogP contribution in [0.2, 0.25) is 0 Å². The first-order valence-corrected chi connectivity index (χ1v) is 2.08. The second-order valence-corrected chi connectivity index (χ2v) is 0.811. The maximum absolute atomic E-state index is 7.66. The Labute approximate surface area is 54.7 Å². The molecule has 0 heterocycles. The molecular weight excluding hydrogens is 112 g/mol. The zero-order chi connectivity index (χ0) is 7.54. The van der Waals surface area contributed by atoms with Gasteiger partial charge in [-0.05, 0) is 0 Å². The average Bonchev–Trinajstić information content (AvgIpc) is 1.91. The third kappa shape index (κ3) is 73.0. The molecule has 0 spiro atoms. The summed E-state index contributed by atoms with van der Waals surface area (Å²) in [5, 5.41) is 15.2. The minimum Gasteiger partial charge on any atom is -0.193 e. The number of hydrogen-bond acceptors (Lipinski definition) is 2. The molecule has 44 valence electrons. The lowest BCUT2D eigenvalue weighted by molar-refractivity contribution is 1.54. The quantitative estimate of drug-likeness (QED) is 0.358. The average molecular weight is 118 g/mol. The lowest BCUT2D eigenvalue weighted by atomic mass is 10.7. The Bertz CT molecular complexity index is 184. The maximum Gasteiger partial charge on any atom is 0.0996 e. The van der Waals surface area contributed by atoms with Crippen LogP contribution >= 0.6 is 0 Å². The van der Waals surface area contributed by atoms with Crippen molar-refractivity contribution < 1.29 is 0 Å². The summed E-state index contributed by atoms with van der Waals surface area (Å²) < 4.78 is 0. The van der Waals surface area contributed by atoms with Crippen molar-refractivity contribution in [3.63, 3.8) is 0 Å². The molecule has 0 radical (unpaired) electrons. The van der Waals surface area contributed by atoms with E-state index in [1.807, 2.05) is 0 Å². The van der Waals surface area contributed by atoms with Crippen LogP contribution in [0.5, 0.6) is 0 Å². The van der Waals surface area contributed by atoms with Crippen molar-refractivity contribution in [3.05, 3.63) is 31.0 Å². The zero-order valence-corrected chi connectivity index (χ0v) is 4.96. The summed E-state index contributed by atoms with van der Waals surface area (Å²) in [6.45, 7) is 6.27. The molecule has 0 bridgehead atoms. The first kappa shape index (κ1) is 10.3. The molecule has 0 unspecified atom stereocenters. The van der Waals surface area contributed by atoms with Crippen LogP contribution in [0.3, 0.4) is 0 Å². The summed E-state index contributed by atoms with van der Waals surface area (Å²) in [5.74, 6) is 0. The summed E-state index contributed by atoms with van der Waals surface area (Å²) in [6.07, 6.45) is 2.38. The van der Waals surface area contributed by atoms with E-state index in [1.165, 1.54) is 12.2 Å². The van der Waals surface area contributed by atoms with Crippen LogP contribution in [0.4, 0.5) is 0 Å². The van der Waals surface area contributed by atoms with E-state index < -0.39 is 0 Å². The van der Waals surface area contributed by atoms with E-state index in [-0.39, 0.29) is 0 Å². The number of nitrogens with zero attached hydrogens (tertiary/aromatic N) is 2. The zero-order valence-electron chi connectivity index (χ0n) is 4.96. The lowest BCUT2D eigenvalue weighted by Gasteiger charge is -1.37. The summed E-state index contributed by atoms with van der Waals surface area (Å²) >= 11 is 0. The van der Waals surface area contributed by atoms with Crippen LogP contribution in [-0.2, 0) is 0 Å². The maximum atomic E-state index is 7.66. The Hall–Kier alpha value is -1.76. The predicted molar refractivity (Wildman–Crippen MR) is 35.1 cm³/mol. The first-order chi connectivity index (χ1) is 4.33. The molecule has 2 nitrogen and oxygen atoms in total. The van der Waals surface area contributed by atoms with Gasteiger partial charge in [-0.15, -0.1) is 5.73 Å². The third-order valence-electron chi connectivity index (χ3n) is 0.258. The van der Waals surface area contributed by atoms with Gasteiger partial charge < -0.3 is 0 Å². The Morgan fingerprint density at radius 2 is 1.67 bits per heavy atom. The monoisotopic (exact) mass is 118 g/mol. The first-order valence-electron chi connectivity index (χ1n) is 2.08. The fraction of sp³-hybridized carbons (Fsp3) is 0. The molecule has 0 rings (SSSR count). The van der Waals surface area contributed by atoms with Gasteiger partial charge in [0, 0.05) is 6.08 Å². The van der Waals surface area contributed by atoms with Crippen LogP contribution in [0.15, 0.2) is 31.0 Å². The van der Waals surface area contributed by atoms with Gasteiger partial charge in [0.25, 0.3) is 0 Å². The molecule has 0 aromatic heterocycles. The molecule has 0 aromatic rings. The summed E-state index contributed by atoms with van der Waals surface area (Å²) in [7, 11) is 0. The van der Waals surface area contributed by atoms with E-state index in [9.17, 15) is 0 Å². The number of allylic oxidation sites excluding steroid dienone is 2. The van der Waals surface area contributed by atoms with E-state index in [2.05, 4.69) is 18.9 Å². The third-order valence-corrected chi connectivity index (χ3v) is 0.258. The van der Waals surface area contributed by atoms with Crippen molar-refractivity contribution in [1.29, 1.82) is 10.5 Å². The van der Waals surface area contributed by atoms with Crippen LogP contribution in [-0.4, -0.2) is 0 Å². The molecule has 0 N–H and O–H groups in total. The molecule has 0 aliphatic rings. The summed E-state index contributed by atoms with van der Waals surface area (Å²) in [5.41, 5.74) is 2.28. The predicted octanol–water partition coefficient (Wildman–Crippen LogP) is 1.55. The van der Waals surface area contributed by atoms with Crippen molar-refractivity contribution in [2.45, 2.75) is 0 Å². The highest BCUT2D eigenvalue weighted by molar-refractivity contribution is 4.98. The molecular formula is C7H6N2. The number of rotatable bonds is 0. The minimum absolute atomic E-state index is 1.18. The highest BCUT2D eigenvalue weighted by atomic mass is 14.2. The Balaban J connectivity index is 0. The van der Waals surface area contributed by atoms with E-state index in [0.717, 1.165) is 0 Å². The lowest BCUT2D eigenvalue weighted by Crippen LogP contribution is -1.28. The molecule has 9 heavy (non-hydrogen) atoms. The molecule has 0 atom stereocenters. The smallest absolute Gasteiger partial charge is 0.0996 e. The minimum atomic E-state index is 1.18. The van der Waals surface area contributed by atoms with Crippen LogP contribution in [0, 0.1) is 22.7 Å². The van der Waals surface area contributed by atoms with Crippen LogP contribution < -0.4 is 0 Å². The Morgan fingerprint density at radius 3 is 1.67 bits per heavy atom. The van der Waals surface area contributed by atoms with Gasteiger partial charge in [0.1, 0.15) is 0 Å². The van der Waals surface area contributed by atoms with Gasteiger partial charge in [0.05, 0.1) is 18.2 Å².